The minimum Gasteiger partial charge on any atom is -0.346 e. The molecule has 2 heterocycles. The molecule has 4 heteroatoms. The van der Waals surface area contributed by atoms with Crippen molar-refractivity contribution in [3.05, 3.63) is 78.0 Å². The predicted octanol–water partition coefficient (Wildman–Crippen LogP) is 4.60. The number of hydrogen-bond donors (Lipinski definition) is 1. The fourth-order valence-corrected chi connectivity index (χ4v) is 4.17. The number of carbonyl (C=O) groups is 1. The zero-order valence-corrected chi connectivity index (χ0v) is 14.5. The maximum absolute atomic E-state index is 12.3. The van der Waals surface area contributed by atoms with Gasteiger partial charge in [-0.2, -0.15) is 0 Å². The van der Waals surface area contributed by atoms with Gasteiger partial charge in [-0.05, 0) is 36.3 Å². The first-order chi connectivity index (χ1) is 12.3. The van der Waals surface area contributed by atoms with Crippen molar-refractivity contribution in [1.29, 1.82) is 0 Å². The van der Waals surface area contributed by atoms with E-state index in [0.29, 0.717) is 0 Å². The van der Waals surface area contributed by atoms with Crippen LogP contribution in [0, 0.1) is 0 Å². The lowest BCUT2D eigenvalue weighted by Crippen LogP contribution is -2.29. The molecule has 0 bridgehead atoms. The number of nitrogens with one attached hydrogen (secondary N) is 1. The van der Waals surface area contributed by atoms with Crippen molar-refractivity contribution in [2.45, 2.75) is 17.4 Å². The second-order valence-corrected chi connectivity index (χ2v) is 7.14. The molecule has 3 aromatic rings. The van der Waals surface area contributed by atoms with Crippen LogP contribution in [0.1, 0.15) is 23.7 Å². The number of benzene rings is 2. The fourth-order valence-electron chi connectivity index (χ4n) is 3.05. The first-order valence-corrected chi connectivity index (χ1v) is 9.34. The van der Waals surface area contributed by atoms with Gasteiger partial charge in [0.2, 0.25) is 5.91 Å². The molecule has 0 saturated heterocycles. The molecule has 2 aromatic carbocycles. The Morgan fingerprint density at radius 1 is 1.08 bits per heavy atom. The monoisotopic (exact) mass is 346 g/mol. The normalized spacial score (nSPS) is 16.7. The summed E-state index contributed by atoms with van der Waals surface area (Å²) in [5.41, 5.74) is 2.93. The van der Waals surface area contributed by atoms with Gasteiger partial charge >= 0.3 is 0 Å². The average Bonchev–Trinajstić information content (AvgIpc) is 2.66. The second kappa shape index (κ2) is 7.11. The number of pyridine rings is 1. The molecular weight excluding hydrogens is 328 g/mol. The second-order valence-electron chi connectivity index (χ2n) is 6.00. The number of aromatic nitrogens is 1. The summed E-state index contributed by atoms with van der Waals surface area (Å²) in [6.45, 7) is 0. The summed E-state index contributed by atoms with van der Waals surface area (Å²) in [7, 11) is 0. The van der Waals surface area contributed by atoms with Crippen molar-refractivity contribution >= 4 is 34.6 Å². The minimum absolute atomic E-state index is 0.0818. The smallest absolute Gasteiger partial charge is 0.244 e. The van der Waals surface area contributed by atoms with E-state index in [2.05, 4.69) is 22.4 Å². The van der Waals surface area contributed by atoms with Gasteiger partial charge in [0.05, 0.1) is 17.3 Å². The highest BCUT2D eigenvalue weighted by atomic mass is 32.2. The molecule has 1 N–H and O–H groups in total. The van der Waals surface area contributed by atoms with Crippen LogP contribution in [0.2, 0.25) is 0 Å². The van der Waals surface area contributed by atoms with Gasteiger partial charge in [-0.25, -0.2) is 4.98 Å². The molecule has 4 rings (SSSR count). The molecule has 0 fully saturated rings. The summed E-state index contributed by atoms with van der Waals surface area (Å²) < 4.78 is 0. The van der Waals surface area contributed by atoms with Gasteiger partial charge in [0.25, 0.3) is 0 Å². The number of carbonyl (C=O) groups excluding carboxylic acids is 1. The van der Waals surface area contributed by atoms with Crippen molar-refractivity contribution in [2.24, 2.45) is 0 Å². The largest absolute Gasteiger partial charge is 0.346 e. The van der Waals surface area contributed by atoms with E-state index < -0.39 is 0 Å². The molecule has 3 nitrogen and oxygen atoms in total. The molecule has 0 saturated carbocycles. The summed E-state index contributed by atoms with van der Waals surface area (Å²) in [4.78, 5) is 18.1. The van der Waals surface area contributed by atoms with Crippen LogP contribution in [0.15, 0.2) is 71.6 Å². The lowest BCUT2D eigenvalue weighted by atomic mass is 10.0. The van der Waals surface area contributed by atoms with Crippen molar-refractivity contribution in [3.8, 4) is 0 Å². The van der Waals surface area contributed by atoms with Crippen molar-refractivity contribution in [2.75, 3.05) is 5.75 Å². The molecular formula is C21H18N2OS. The molecule has 0 spiro atoms. The Hall–Kier alpha value is -2.59. The first kappa shape index (κ1) is 15.9. The van der Waals surface area contributed by atoms with Crippen LogP contribution in [0.4, 0.5) is 0 Å². The van der Waals surface area contributed by atoms with Crippen molar-refractivity contribution in [3.63, 3.8) is 0 Å². The highest BCUT2D eigenvalue weighted by Crippen LogP contribution is 2.35. The molecule has 1 amide bonds. The van der Waals surface area contributed by atoms with Gasteiger partial charge in [-0.15, -0.1) is 11.8 Å². The third-order valence-corrected chi connectivity index (χ3v) is 5.42. The topological polar surface area (TPSA) is 42.0 Å². The van der Waals surface area contributed by atoms with Crippen molar-refractivity contribution in [1.82, 2.24) is 10.3 Å². The number of para-hydroxylation sites is 1. The quantitative estimate of drug-likeness (QED) is 0.705. The Bertz CT molecular complexity index is 951. The van der Waals surface area contributed by atoms with Crippen LogP contribution >= 0.6 is 11.8 Å². The van der Waals surface area contributed by atoms with Gasteiger partial charge in [0, 0.05) is 22.1 Å². The van der Waals surface area contributed by atoms with Crippen LogP contribution in [0.25, 0.3) is 17.0 Å². The number of amides is 1. The van der Waals surface area contributed by atoms with E-state index in [4.69, 9.17) is 0 Å². The Labute approximate surface area is 151 Å². The van der Waals surface area contributed by atoms with Crippen LogP contribution in [-0.4, -0.2) is 16.6 Å². The van der Waals surface area contributed by atoms with E-state index in [1.807, 2.05) is 60.3 Å². The zero-order valence-electron chi connectivity index (χ0n) is 13.7. The molecule has 1 unspecified atom stereocenters. The van der Waals surface area contributed by atoms with Crippen LogP contribution in [-0.2, 0) is 4.79 Å². The van der Waals surface area contributed by atoms with Gasteiger partial charge in [-0.3, -0.25) is 4.79 Å². The fraction of sp³-hybridized carbons (Fsp3) is 0.143. The average molecular weight is 346 g/mol. The number of fused-ring (bicyclic) bond motifs is 2. The van der Waals surface area contributed by atoms with E-state index in [1.165, 1.54) is 10.5 Å². The molecule has 124 valence electrons. The molecule has 25 heavy (non-hydrogen) atoms. The van der Waals surface area contributed by atoms with Gasteiger partial charge < -0.3 is 5.32 Å². The highest BCUT2D eigenvalue weighted by molar-refractivity contribution is 7.99. The number of rotatable bonds is 3. The lowest BCUT2D eigenvalue weighted by molar-refractivity contribution is -0.117. The summed E-state index contributed by atoms with van der Waals surface area (Å²) in [5, 5.41) is 4.21. The first-order valence-electron chi connectivity index (χ1n) is 8.36. The van der Waals surface area contributed by atoms with E-state index in [-0.39, 0.29) is 11.9 Å². The van der Waals surface area contributed by atoms with Gasteiger partial charge in [0.15, 0.2) is 0 Å². The van der Waals surface area contributed by atoms with Gasteiger partial charge in [0.1, 0.15) is 0 Å². The number of nitrogens with zero attached hydrogens (tertiary/aromatic N) is 1. The van der Waals surface area contributed by atoms with Gasteiger partial charge in [-0.1, -0.05) is 42.5 Å². The third-order valence-electron chi connectivity index (χ3n) is 4.30. The predicted molar refractivity (Wildman–Crippen MR) is 103 cm³/mol. The standard InChI is InChI=1S/C21H18N2OS/c24-21(23-19-13-14-25-20-8-4-2-6-17(19)20)12-11-16-10-9-15-5-1-3-7-18(15)22-16/h1-12,19H,13-14H2,(H,23,24)/b12-11+. The molecule has 1 aliphatic heterocycles. The molecule has 1 aliphatic rings. The SMILES string of the molecule is O=C(/C=C/c1ccc2ccccc2n1)NC1CCSc2ccccc21. The van der Waals surface area contributed by atoms with E-state index in [1.54, 1.807) is 12.2 Å². The molecule has 1 atom stereocenters. The lowest BCUT2D eigenvalue weighted by Gasteiger charge is -2.25. The van der Waals surface area contributed by atoms with E-state index in [9.17, 15) is 4.79 Å². The maximum Gasteiger partial charge on any atom is 0.244 e. The van der Waals surface area contributed by atoms with E-state index in [0.717, 1.165) is 28.8 Å². The summed E-state index contributed by atoms with van der Waals surface area (Å²) in [6.07, 6.45) is 4.29. The summed E-state index contributed by atoms with van der Waals surface area (Å²) >= 11 is 1.85. The minimum atomic E-state index is -0.0818. The Morgan fingerprint density at radius 3 is 2.88 bits per heavy atom. The maximum atomic E-state index is 12.3. The Morgan fingerprint density at radius 2 is 1.92 bits per heavy atom. The number of hydrogen-bond acceptors (Lipinski definition) is 3. The molecule has 0 aliphatic carbocycles. The van der Waals surface area contributed by atoms with Crippen LogP contribution in [0.3, 0.4) is 0 Å². The molecule has 1 aromatic heterocycles. The Kier molecular flexibility index (Phi) is 4.53. The van der Waals surface area contributed by atoms with Crippen LogP contribution < -0.4 is 5.32 Å². The number of thioether (sulfide) groups is 1. The third kappa shape index (κ3) is 3.59. The van der Waals surface area contributed by atoms with Crippen LogP contribution in [0.5, 0.6) is 0 Å². The summed E-state index contributed by atoms with van der Waals surface area (Å²) in [5.74, 6) is 0.944. The summed E-state index contributed by atoms with van der Waals surface area (Å²) in [6, 6.07) is 20.3. The molecule has 0 radical (unpaired) electrons. The Balaban J connectivity index is 1.47. The van der Waals surface area contributed by atoms with Crippen molar-refractivity contribution < 1.29 is 4.79 Å². The zero-order chi connectivity index (χ0) is 17.1. The highest BCUT2D eigenvalue weighted by Gasteiger charge is 2.20. The van der Waals surface area contributed by atoms with E-state index >= 15 is 0 Å².